The van der Waals surface area contributed by atoms with Crippen molar-refractivity contribution in [1.82, 2.24) is 0 Å². The van der Waals surface area contributed by atoms with E-state index in [-0.39, 0.29) is 0 Å². The molecule has 0 aliphatic rings. The quantitative estimate of drug-likeness (QED) is 0.693. The molecule has 0 bridgehead atoms. The van der Waals surface area contributed by atoms with Crippen LogP contribution in [0.1, 0.15) is 31.1 Å². The molecule has 0 radical (unpaired) electrons. The number of rotatable bonds is 1. The molecule has 1 aromatic carbocycles. The van der Waals surface area contributed by atoms with E-state index in [0.717, 1.165) is 0 Å². The van der Waals surface area contributed by atoms with Crippen molar-refractivity contribution in [2.24, 2.45) is 0 Å². The van der Waals surface area contributed by atoms with Gasteiger partial charge in [0.1, 0.15) is 0 Å². The fourth-order valence-corrected chi connectivity index (χ4v) is 0.581. The van der Waals surface area contributed by atoms with E-state index in [1.807, 2.05) is 6.92 Å². The summed E-state index contributed by atoms with van der Waals surface area (Å²) >= 11 is 0. The molecule has 0 saturated carbocycles. The van der Waals surface area contributed by atoms with E-state index in [4.69, 9.17) is 5.11 Å². The predicted molar refractivity (Wildman–Crippen MR) is 58.5 cm³/mol. The molecule has 0 fully saturated rings. The SMILES string of the molecule is CC=C(C)C.O=C(O)c1ccccc1. The molecule has 1 rings (SSSR count). The van der Waals surface area contributed by atoms with Crippen molar-refractivity contribution in [3.05, 3.63) is 47.5 Å². The number of carbonyl (C=O) groups is 1. The number of hydrogen-bond donors (Lipinski definition) is 1. The lowest BCUT2D eigenvalue weighted by Gasteiger charge is -1.88. The van der Waals surface area contributed by atoms with E-state index in [0.29, 0.717) is 5.56 Å². The summed E-state index contributed by atoms with van der Waals surface area (Å²) in [5, 5.41) is 8.38. The summed E-state index contributed by atoms with van der Waals surface area (Å²) in [6.07, 6.45) is 2.08. The van der Waals surface area contributed by atoms with Gasteiger partial charge in [0.2, 0.25) is 0 Å². The highest BCUT2D eigenvalue weighted by Crippen LogP contribution is 1.96. The Balaban J connectivity index is 0.000000292. The summed E-state index contributed by atoms with van der Waals surface area (Å²) < 4.78 is 0. The molecule has 1 N–H and O–H groups in total. The molecule has 0 aliphatic heterocycles. The first-order chi connectivity index (χ1) is 6.57. The summed E-state index contributed by atoms with van der Waals surface area (Å²) in [5.41, 5.74) is 1.71. The smallest absolute Gasteiger partial charge is 0.335 e. The van der Waals surface area contributed by atoms with Gasteiger partial charge >= 0.3 is 5.97 Å². The Morgan fingerprint density at radius 1 is 1.21 bits per heavy atom. The maximum Gasteiger partial charge on any atom is 0.335 e. The molecular formula is C12H16O2. The topological polar surface area (TPSA) is 37.3 Å². The summed E-state index contributed by atoms with van der Waals surface area (Å²) in [7, 11) is 0. The van der Waals surface area contributed by atoms with Crippen molar-refractivity contribution in [2.45, 2.75) is 20.8 Å². The first-order valence-electron chi connectivity index (χ1n) is 4.45. The van der Waals surface area contributed by atoms with E-state index in [9.17, 15) is 4.79 Å². The van der Waals surface area contributed by atoms with Crippen LogP contribution in [0.4, 0.5) is 0 Å². The van der Waals surface area contributed by atoms with Gasteiger partial charge in [-0.3, -0.25) is 0 Å². The fraction of sp³-hybridized carbons (Fsp3) is 0.250. The number of carboxylic acids is 1. The second kappa shape index (κ2) is 6.89. The van der Waals surface area contributed by atoms with Crippen LogP contribution in [-0.4, -0.2) is 11.1 Å². The molecule has 2 heteroatoms. The van der Waals surface area contributed by atoms with E-state index in [1.165, 1.54) is 5.57 Å². The maximum absolute atomic E-state index is 10.2. The normalized spacial score (nSPS) is 8.21. The van der Waals surface area contributed by atoms with Gasteiger partial charge in [0.25, 0.3) is 0 Å². The Morgan fingerprint density at radius 2 is 1.64 bits per heavy atom. The van der Waals surface area contributed by atoms with E-state index < -0.39 is 5.97 Å². The molecule has 0 spiro atoms. The van der Waals surface area contributed by atoms with Gasteiger partial charge in [-0.1, -0.05) is 29.8 Å². The van der Waals surface area contributed by atoms with Crippen LogP contribution in [0, 0.1) is 0 Å². The third-order valence-corrected chi connectivity index (χ3v) is 1.60. The van der Waals surface area contributed by atoms with Gasteiger partial charge in [0.05, 0.1) is 5.56 Å². The van der Waals surface area contributed by atoms with Crippen LogP contribution in [0.2, 0.25) is 0 Å². The fourth-order valence-electron chi connectivity index (χ4n) is 0.581. The van der Waals surface area contributed by atoms with Crippen LogP contribution in [0.25, 0.3) is 0 Å². The summed E-state index contributed by atoms with van der Waals surface area (Å²) in [6.45, 7) is 6.20. The first kappa shape index (κ1) is 12.4. The van der Waals surface area contributed by atoms with Crippen molar-refractivity contribution < 1.29 is 9.90 Å². The Hall–Kier alpha value is -1.57. The van der Waals surface area contributed by atoms with Crippen LogP contribution in [0.3, 0.4) is 0 Å². The average Bonchev–Trinajstić information content (AvgIpc) is 2.20. The summed E-state index contributed by atoms with van der Waals surface area (Å²) in [5.74, 6) is -0.879. The predicted octanol–water partition coefficient (Wildman–Crippen LogP) is 3.36. The zero-order chi connectivity index (χ0) is 11.0. The molecule has 0 unspecified atom stereocenters. The average molecular weight is 192 g/mol. The van der Waals surface area contributed by atoms with Gasteiger partial charge in [0, 0.05) is 0 Å². The van der Waals surface area contributed by atoms with Gasteiger partial charge in [-0.05, 0) is 32.9 Å². The van der Waals surface area contributed by atoms with Crippen LogP contribution in [0.15, 0.2) is 42.0 Å². The number of allylic oxidation sites excluding steroid dienone is 2. The number of benzene rings is 1. The van der Waals surface area contributed by atoms with Crippen molar-refractivity contribution in [3.8, 4) is 0 Å². The van der Waals surface area contributed by atoms with Crippen LogP contribution in [0.5, 0.6) is 0 Å². The Labute approximate surface area is 84.9 Å². The molecule has 0 amide bonds. The molecule has 0 aromatic heterocycles. The Bertz CT molecular complexity index is 295. The van der Waals surface area contributed by atoms with Gasteiger partial charge in [-0.2, -0.15) is 0 Å². The number of carboxylic acid groups (broad SMARTS) is 1. The second-order valence-corrected chi connectivity index (χ2v) is 3.04. The molecule has 0 atom stereocenters. The zero-order valence-electron chi connectivity index (χ0n) is 8.82. The van der Waals surface area contributed by atoms with E-state index >= 15 is 0 Å². The minimum atomic E-state index is -0.879. The standard InChI is InChI=1S/C7H6O2.C5H10/c8-7(9)6-4-2-1-3-5-6;1-4-5(2)3/h1-5H,(H,8,9);4H,1-3H3. The molecular weight excluding hydrogens is 176 g/mol. The minimum Gasteiger partial charge on any atom is -0.478 e. The summed E-state index contributed by atoms with van der Waals surface area (Å²) in [6, 6.07) is 8.30. The van der Waals surface area contributed by atoms with Crippen LogP contribution in [-0.2, 0) is 0 Å². The van der Waals surface area contributed by atoms with Crippen LogP contribution < -0.4 is 0 Å². The third kappa shape index (κ3) is 6.00. The van der Waals surface area contributed by atoms with Crippen molar-refractivity contribution in [1.29, 1.82) is 0 Å². The molecule has 76 valence electrons. The molecule has 0 heterocycles. The third-order valence-electron chi connectivity index (χ3n) is 1.60. The van der Waals surface area contributed by atoms with Crippen molar-refractivity contribution >= 4 is 5.97 Å². The van der Waals surface area contributed by atoms with Crippen molar-refractivity contribution in [2.75, 3.05) is 0 Å². The Kier molecular flexibility index (Phi) is 6.12. The van der Waals surface area contributed by atoms with Gasteiger partial charge in [-0.25, -0.2) is 4.79 Å². The van der Waals surface area contributed by atoms with Gasteiger partial charge in [0.15, 0.2) is 0 Å². The first-order valence-corrected chi connectivity index (χ1v) is 4.45. The lowest BCUT2D eigenvalue weighted by atomic mass is 10.2. The van der Waals surface area contributed by atoms with E-state index in [1.54, 1.807) is 30.3 Å². The van der Waals surface area contributed by atoms with Crippen molar-refractivity contribution in [3.63, 3.8) is 0 Å². The number of hydrogen-bond acceptors (Lipinski definition) is 1. The highest BCUT2D eigenvalue weighted by atomic mass is 16.4. The zero-order valence-corrected chi connectivity index (χ0v) is 8.82. The number of aromatic carboxylic acids is 1. The highest BCUT2D eigenvalue weighted by molar-refractivity contribution is 5.87. The molecule has 1 aromatic rings. The lowest BCUT2D eigenvalue weighted by Crippen LogP contribution is -1.93. The largest absolute Gasteiger partial charge is 0.478 e. The summed E-state index contributed by atoms with van der Waals surface area (Å²) in [4.78, 5) is 10.2. The second-order valence-electron chi connectivity index (χ2n) is 3.04. The van der Waals surface area contributed by atoms with Gasteiger partial charge in [-0.15, -0.1) is 0 Å². The Morgan fingerprint density at radius 3 is 1.86 bits per heavy atom. The van der Waals surface area contributed by atoms with E-state index in [2.05, 4.69) is 19.9 Å². The molecule has 14 heavy (non-hydrogen) atoms. The van der Waals surface area contributed by atoms with Gasteiger partial charge < -0.3 is 5.11 Å². The monoisotopic (exact) mass is 192 g/mol. The minimum absolute atomic E-state index is 0.331. The lowest BCUT2D eigenvalue weighted by molar-refractivity contribution is 0.0697. The maximum atomic E-state index is 10.2. The molecule has 2 nitrogen and oxygen atoms in total. The van der Waals surface area contributed by atoms with Crippen LogP contribution >= 0.6 is 0 Å². The molecule has 0 saturated heterocycles. The highest BCUT2D eigenvalue weighted by Gasteiger charge is 1.96. The molecule has 0 aliphatic carbocycles.